The average Bonchev–Trinajstić information content (AvgIpc) is 3.15. The van der Waals surface area contributed by atoms with Gasteiger partial charge in [-0.2, -0.15) is 0 Å². The summed E-state index contributed by atoms with van der Waals surface area (Å²) in [5.41, 5.74) is -0.0653. The number of pyridine rings is 1. The van der Waals surface area contributed by atoms with Gasteiger partial charge in [0, 0.05) is 0 Å². The summed E-state index contributed by atoms with van der Waals surface area (Å²) in [5.74, 6) is 0.0620. The van der Waals surface area contributed by atoms with Crippen LogP contribution in [0.3, 0.4) is 0 Å². The van der Waals surface area contributed by atoms with Crippen LogP contribution in [0.4, 0.5) is 0 Å². The molecular weight excluding hydrogens is 384 g/mol. The van der Waals surface area contributed by atoms with Crippen LogP contribution in [0.25, 0.3) is 5.82 Å². The van der Waals surface area contributed by atoms with Gasteiger partial charge in [0.25, 0.3) is 5.56 Å². The zero-order valence-corrected chi connectivity index (χ0v) is 17.2. The molecule has 0 spiro atoms. The van der Waals surface area contributed by atoms with Gasteiger partial charge in [0.15, 0.2) is 0 Å². The Kier molecular flexibility index (Phi) is 6.64. The lowest BCUT2D eigenvalue weighted by atomic mass is 10.0. The maximum absolute atomic E-state index is 12.6. The van der Waals surface area contributed by atoms with Gasteiger partial charge in [-0.05, 0) is 25.1 Å². The number of H-pyrrole nitrogens is 2. The first kappa shape index (κ1) is 20.0. The number of aromatic hydroxyl groups is 1. The first-order valence-corrected chi connectivity index (χ1v) is 11.2. The van der Waals surface area contributed by atoms with Crippen molar-refractivity contribution in [3.05, 3.63) is 20.7 Å². The van der Waals surface area contributed by atoms with E-state index in [-0.39, 0.29) is 31.9 Å². The van der Waals surface area contributed by atoms with Crippen molar-refractivity contribution in [1.29, 1.82) is 0 Å². The van der Waals surface area contributed by atoms with Crippen molar-refractivity contribution in [3.63, 3.8) is 0 Å². The molecule has 3 N–H and O–H groups in total. The SMILES string of the molecule is CCCCCCCCCCCc1c(O)c2c([nH]c1=O)-n1c(n[nH]c1=S)S2=O. The van der Waals surface area contributed by atoms with Crippen LogP contribution in [0.15, 0.2) is 14.8 Å². The van der Waals surface area contributed by atoms with Gasteiger partial charge in [0.1, 0.15) is 27.3 Å². The fourth-order valence-corrected chi connectivity index (χ4v) is 5.03. The molecule has 3 heterocycles. The van der Waals surface area contributed by atoms with Gasteiger partial charge >= 0.3 is 0 Å². The number of nitrogens with zero attached hydrogens (tertiary/aromatic N) is 2. The summed E-state index contributed by atoms with van der Waals surface area (Å²) in [5, 5.41) is 17.2. The molecule has 0 radical (unpaired) electrons. The summed E-state index contributed by atoms with van der Waals surface area (Å²) in [4.78, 5) is 15.3. The number of rotatable bonds is 10. The second-order valence-electron chi connectivity index (χ2n) is 6.95. The van der Waals surface area contributed by atoms with Gasteiger partial charge in [-0.15, -0.1) is 5.10 Å². The predicted molar refractivity (Wildman–Crippen MR) is 107 cm³/mol. The second kappa shape index (κ2) is 8.97. The van der Waals surface area contributed by atoms with Crippen molar-refractivity contribution in [2.24, 2.45) is 0 Å². The van der Waals surface area contributed by atoms with E-state index in [9.17, 15) is 14.1 Å². The van der Waals surface area contributed by atoms with Crippen molar-refractivity contribution in [3.8, 4) is 11.6 Å². The minimum Gasteiger partial charge on any atom is -0.506 e. The van der Waals surface area contributed by atoms with Gasteiger partial charge in [-0.3, -0.25) is 9.89 Å². The molecule has 2 aromatic rings. The van der Waals surface area contributed by atoms with E-state index in [1.54, 1.807) is 0 Å². The Morgan fingerprint density at radius 2 is 1.74 bits per heavy atom. The highest BCUT2D eigenvalue weighted by Gasteiger charge is 2.34. The van der Waals surface area contributed by atoms with Crippen molar-refractivity contribution < 1.29 is 9.32 Å². The fraction of sp³-hybridized carbons (Fsp3) is 0.611. The average molecular weight is 411 g/mol. The summed E-state index contributed by atoms with van der Waals surface area (Å²) in [6.45, 7) is 2.22. The van der Waals surface area contributed by atoms with E-state index in [1.807, 2.05) is 0 Å². The standard InChI is InChI=1S/C18H26N4O3S2/c1-2-3-4-5-6-7-8-9-10-11-12-13(23)14-15(19-16(12)24)22-17(26)20-21-18(22)27(14)25/h2-11H2,1H3,(H,20,26)(H2,19,23,24). The van der Waals surface area contributed by atoms with E-state index >= 15 is 0 Å². The highest BCUT2D eigenvalue weighted by Crippen LogP contribution is 2.37. The first-order valence-electron chi connectivity index (χ1n) is 9.64. The maximum atomic E-state index is 12.6. The molecule has 0 saturated carbocycles. The number of fused-ring (bicyclic) bond motifs is 3. The number of hydrogen-bond acceptors (Lipinski definition) is 5. The summed E-state index contributed by atoms with van der Waals surface area (Å²) in [6, 6.07) is 0. The normalized spacial score (nSPS) is 15.1. The van der Waals surface area contributed by atoms with E-state index in [2.05, 4.69) is 22.1 Å². The third-order valence-corrected chi connectivity index (χ3v) is 6.61. The molecule has 1 aliphatic rings. The molecule has 1 aliphatic heterocycles. The zero-order chi connectivity index (χ0) is 19.4. The third kappa shape index (κ3) is 4.08. The van der Waals surface area contributed by atoms with Crippen molar-refractivity contribution in [2.45, 2.75) is 81.2 Å². The Morgan fingerprint density at radius 1 is 1.11 bits per heavy atom. The van der Waals surface area contributed by atoms with Crippen molar-refractivity contribution >= 4 is 23.0 Å². The molecule has 1 atom stereocenters. The summed E-state index contributed by atoms with van der Waals surface area (Å²) < 4.78 is 14.2. The Hall–Kier alpha value is -1.74. The summed E-state index contributed by atoms with van der Waals surface area (Å²) >= 11 is 5.11. The van der Waals surface area contributed by atoms with E-state index in [0.29, 0.717) is 12.0 Å². The minimum absolute atomic E-state index is 0.188. The maximum Gasteiger partial charge on any atom is 0.256 e. The molecule has 7 nitrogen and oxygen atoms in total. The molecule has 1 unspecified atom stereocenters. The zero-order valence-electron chi connectivity index (χ0n) is 15.5. The second-order valence-corrected chi connectivity index (χ2v) is 8.65. The van der Waals surface area contributed by atoms with E-state index < -0.39 is 10.8 Å². The van der Waals surface area contributed by atoms with Gasteiger partial charge in [0.05, 0.1) is 5.56 Å². The highest BCUT2D eigenvalue weighted by molar-refractivity contribution is 7.85. The van der Waals surface area contributed by atoms with Crippen molar-refractivity contribution in [2.75, 3.05) is 0 Å². The quantitative estimate of drug-likeness (QED) is 0.348. The summed E-state index contributed by atoms with van der Waals surface area (Å²) in [7, 11) is -1.66. The molecule has 0 amide bonds. The van der Waals surface area contributed by atoms with Crippen LogP contribution >= 0.6 is 12.2 Å². The molecule has 0 fully saturated rings. The predicted octanol–water partition coefficient (Wildman–Crippen LogP) is 3.88. The largest absolute Gasteiger partial charge is 0.506 e. The van der Waals surface area contributed by atoms with Crippen LogP contribution in [0.2, 0.25) is 0 Å². The number of aromatic nitrogens is 4. The fourth-order valence-electron chi connectivity index (χ4n) is 3.47. The number of aromatic amines is 2. The van der Waals surface area contributed by atoms with Gasteiger partial charge in [-0.25, -0.2) is 8.78 Å². The molecule has 0 bridgehead atoms. The van der Waals surface area contributed by atoms with Crippen LogP contribution in [0.1, 0.15) is 70.3 Å². The van der Waals surface area contributed by atoms with Gasteiger partial charge in [-0.1, -0.05) is 58.3 Å². The van der Waals surface area contributed by atoms with Gasteiger partial charge in [0.2, 0.25) is 9.93 Å². The molecule has 27 heavy (non-hydrogen) atoms. The first-order chi connectivity index (χ1) is 13.1. The Balaban J connectivity index is 1.60. The Morgan fingerprint density at radius 3 is 2.41 bits per heavy atom. The van der Waals surface area contributed by atoms with Crippen LogP contribution in [0.5, 0.6) is 5.75 Å². The smallest absolute Gasteiger partial charge is 0.256 e. The highest BCUT2D eigenvalue weighted by atomic mass is 32.2. The topological polar surface area (TPSA) is 104 Å². The molecule has 0 aromatic carbocycles. The Bertz CT molecular complexity index is 945. The van der Waals surface area contributed by atoms with E-state index in [1.165, 1.54) is 43.1 Å². The lowest BCUT2D eigenvalue weighted by Gasteiger charge is -2.08. The van der Waals surface area contributed by atoms with E-state index in [0.717, 1.165) is 19.3 Å². The monoisotopic (exact) mass is 410 g/mol. The number of nitrogens with one attached hydrogen (secondary N) is 2. The van der Waals surface area contributed by atoms with Crippen molar-refractivity contribution in [1.82, 2.24) is 19.7 Å². The molecule has 0 aliphatic carbocycles. The van der Waals surface area contributed by atoms with Gasteiger partial charge < -0.3 is 10.1 Å². The number of unbranched alkanes of at least 4 members (excludes halogenated alkanes) is 8. The van der Waals surface area contributed by atoms with Crippen LogP contribution < -0.4 is 5.56 Å². The van der Waals surface area contributed by atoms with Crippen LogP contribution in [-0.2, 0) is 17.2 Å². The van der Waals surface area contributed by atoms with Crippen LogP contribution in [0, 0.1) is 4.77 Å². The summed E-state index contributed by atoms with van der Waals surface area (Å²) in [6.07, 6.45) is 11.1. The molecule has 9 heteroatoms. The lowest BCUT2D eigenvalue weighted by molar-refractivity contribution is 0.448. The van der Waals surface area contributed by atoms with E-state index in [4.69, 9.17) is 12.2 Å². The molecule has 3 rings (SSSR count). The lowest BCUT2D eigenvalue weighted by Crippen LogP contribution is -2.16. The van der Waals surface area contributed by atoms with Crippen LogP contribution in [-0.4, -0.2) is 29.1 Å². The molecule has 0 saturated heterocycles. The number of hydrogen-bond donors (Lipinski definition) is 3. The minimum atomic E-state index is -1.66. The Labute approximate surface area is 165 Å². The molecule has 148 valence electrons. The third-order valence-electron chi connectivity index (χ3n) is 4.97. The molecule has 2 aromatic heterocycles. The molecular formula is C18H26N4O3S2.